The summed E-state index contributed by atoms with van der Waals surface area (Å²) in [6, 6.07) is 10.8. The van der Waals surface area contributed by atoms with Gasteiger partial charge in [0.1, 0.15) is 5.58 Å². The van der Waals surface area contributed by atoms with E-state index in [2.05, 4.69) is 16.7 Å². The number of fused-ring (bicyclic) bond motifs is 1. The molecule has 0 saturated carbocycles. The van der Waals surface area contributed by atoms with Gasteiger partial charge in [-0.25, -0.2) is 0 Å². The summed E-state index contributed by atoms with van der Waals surface area (Å²) in [4.78, 5) is 23.8. The standard InChI is InChI=1S/C20H20N2O3/c1-12-8-17-15(11-25-18(17)9-13(12)2)10-19(23)22-16-6-4-14(5-7-16)20(24)21-3/h4-9,11H,10H2,1-3H3,(H,21,24)(H,22,23). The summed E-state index contributed by atoms with van der Waals surface area (Å²) >= 11 is 0. The Hall–Kier alpha value is -3.08. The summed E-state index contributed by atoms with van der Waals surface area (Å²) < 4.78 is 5.57. The number of aryl methyl sites for hydroxylation is 2. The first-order chi connectivity index (χ1) is 12.0. The molecule has 0 atom stereocenters. The number of carbonyl (C=O) groups is 2. The van der Waals surface area contributed by atoms with Crippen LogP contribution in [0, 0.1) is 13.8 Å². The van der Waals surface area contributed by atoms with Gasteiger partial charge in [-0.1, -0.05) is 0 Å². The average molecular weight is 336 g/mol. The van der Waals surface area contributed by atoms with E-state index in [1.165, 1.54) is 5.56 Å². The number of amides is 2. The van der Waals surface area contributed by atoms with Gasteiger partial charge in [0, 0.05) is 29.2 Å². The molecule has 0 spiro atoms. The molecule has 25 heavy (non-hydrogen) atoms. The van der Waals surface area contributed by atoms with Gasteiger partial charge < -0.3 is 15.1 Å². The number of benzene rings is 2. The van der Waals surface area contributed by atoms with Crippen molar-refractivity contribution in [1.29, 1.82) is 0 Å². The molecule has 5 nitrogen and oxygen atoms in total. The number of anilines is 1. The predicted octanol–water partition coefficient (Wildman–Crippen LogP) is 3.59. The fourth-order valence-corrected chi connectivity index (χ4v) is 2.70. The monoisotopic (exact) mass is 336 g/mol. The van der Waals surface area contributed by atoms with Crippen molar-refractivity contribution in [2.24, 2.45) is 0 Å². The Kier molecular flexibility index (Phi) is 4.57. The second kappa shape index (κ2) is 6.81. The van der Waals surface area contributed by atoms with Crippen molar-refractivity contribution in [2.45, 2.75) is 20.3 Å². The predicted molar refractivity (Wildman–Crippen MR) is 97.9 cm³/mol. The molecule has 2 amide bonds. The fraction of sp³-hybridized carbons (Fsp3) is 0.200. The van der Waals surface area contributed by atoms with Gasteiger partial charge >= 0.3 is 0 Å². The van der Waals surface area contributed by atoms with Crippen LogP contribution < -0.4 is 10.6 Å². The lowest BCUT2D eigenvalue weighted by Crippen LogP contribution is -2.18. The minimum Gasteiger partial charge on any atom is -0.464 e. The van der Waals surface area contributed by atoms with Gasteiger partial charge in [-0.15, -0.1) is 0 Å². The smallest absolute Gasteiger partial charge is 0.251 e. The molecule has 0 bridgehead atoms. The van der Waals surface area contributed by atoms with Crippen LogP contribution in [-0.2, 0) is 11.2 Å². The third-order valence-electron chi connectivity index (χ3n) is 4.28. The molecule has 0 radical (unpaired) electrons. The Labute approximate surface area is 146 Å². The summed E-state index contributed by atoms with van der Waals surface area (Å²) in [6.07, 6.45) is 1.87. The lowest BCUT2D eigenvalue weighted by Gasteiger charge is -2.06. The van der Waals surface area contributed by atoms with Gasteiger partial charge in [-0.05, 0) is 61.4 Å². The van der Waals surface area contributed by atoms with Crippen molar-refractivity contribution in [1.82, 2.24) is 5.32 Å². The van der Waals surface area contributed by atoms with E-state index in [9.17, 15) is 9.59 Å². The van der Waals surface area contributed by atoms with Crippen LogP contribution in [-0.4, -0.2) is 18.9 Å². The zero-order valence-electron chi connectivity index (χ0n) is 14.5. The van der Waals surface area contributed by atoms with E-state index < -0.39 is 0 Å². The Bertz CT molecular complexity index is 939. The first kappa shape index (κ1) is 16.8. The number of carbonyl (C=O) groups excluding carboxylic acids is 2. The number of hydrogen-bond donors (Lipinski definition) is 2. The first-order valence-electron chi connectivity index (χ1n) is 8.07. The van der Waals surface area contributed by atoms with E-state index in [0.29, 0.717) is 11.3 Å². The van der Waals surface area contributed by atoms with Crippen molar-refractivity contribution >= 4 is 28.5 Å². The van der Waals surface area contributed by atoms with Gasteiger partial charge in [-0.2, -0.15) is 0 Å². The summed E-state index contributed by atoms with van der Waals surface area (Å²) in [5, 5.41) is 6.37. The molecule has 3 aromatic rings. The zero-order valence-corrected chi connectivity index (χ0v) is 14.5. The highest BCUT2D eigenvalue weighted by Gasteiger charge is 2.12. The van der Waals surface area contributed by atoms with Crippen LogP contribution in [0.4, 0.5) is 5.69 Å². The summed E-state index contributed by atoms with van der Waals surface area (Å²) in [6.45, 7) is 4.08. The number of nitrogens with one attached hydrogen (secondary N) is 2. The molecule has 0 aliphatic rings. The molecule has 1 aromatic heterocycles. The molecule has 0 aliphatic carbocycles. The Morgan fingerprint density at radius 3 is 2.40 bits per heavy atom. The van der Waals surface area contributed by atoms with Crippen LogP contribution in [0.2, 0.25) is 0 Å². The maximum atomic E-state index is 12.3. The molecule has 2 N–H and O–H groups in total. The highest BCUT2D eigenvalue weighted by molar-refractivity contribution is 5.97. The third-order valence-corrected chi connectivity index (χ3v) is 4.28. The highest BCUT2D eigenvalue weighted by Crippen LogP contribution is 2.25. The molecule has 5 heteroatoms. The minimum atomic E-state index is -0.159. The van der Waals surface area contributed by atoms with Gasteiger partial charge in [0.25, 0.3) is 5.91 Å². The number of hydrogen-bond acceptors (Lipinski definition) is 3. The normalized spacial score (nSPS) is 10.7. The van der Waals surface area contributed by atoms with Gasteiger partial charge in [-0.3, -0.25) is 9.59 Å². The Balaban J connectivity index is 1.72. The minimum absolute atomic E-state index is 0.131. The van der Waals surface area contributed by atoms with E-state index in [4.69, 9.17) is 4.42 Å². The van der Waals surface area contributed by atoms with E-state index in [0.717, 1.165) is 22.1 Å². The number of rotatable bonds is 4. The van der Waals surface area contributed by atoms with Crippen LogP contribution >= 0.6 is 0 Å². The van der Waals surface area contributed by atoms with Crippen LogP contribution in [0.1, 0.15) is 27.0 Å². The van der Waals surface area contributed by atoms with Crippen molar-refractivity contribution in [2.75, 3.05) is 12.4 Å². The van der Waals surface area contributed by atoms with E-state index in [-0.39, 0.29) is 18.2 Å². The molecule has 0 fully saturated rings. The maximum Gasteiger partial charge on any atom is 0.251 e. The topological polar surface area (TPSA) is 71.3 Å². The summed E-state index contributed by atoms with van der Waals surface area (Å²) in [5.74, 6) is -0.290. The first-order valence-corrected chi connectivity index (χ1v) is 8.07. The molecule has 0 saturated heterocycles. The fourth-order valence-electron chi connectivity index (χ4n) is 2.70. The van der Waals surface area contributed by atoms with Gasteiger partial charge in [0.05, 0.1) is 12.7 Å². The van der Waals surface area contributed by atoms with Gasteiger partial charge in [0.15, 0.2) is 0 Å². The maximum absolute atomic E-state index is 12.3. The molecule has 0 unspecified atom stereocenters. The van der Waals surface area contributed by atoms with Crippen molar-refractivity contribution in [3.8, 4) is 0 Å². The van der Waals surface area contributed by atoms with E-state index in [1.54, 1.807) is 37.6 Å². The molecule has 2 aromatic carbocycles. The van der Waals surface area contributed by atoms with Gasteiger partial charge in [0.2, 0.25) is 5.91 Å². The summed E-state index contributed by atoms with van der Waals surface area (Å²) in [7, 11) is 1.58. The molecular formula is C20H20N2O3. The Morgan fingerprint density at radius 1 is 1.04 bits per heavy atom. The molecular weight excluding hydrogens is 316 g/mol. The lowest BCUT2D eigenvalue weighted by molar-refractivity contribution is -0.115. The van der Waals surface area contributed by atoms with E-state index >= 15 is 0 Å². The number of furan rings is 1. The van der Waals surface area contributed by atoms with Crippen molar-refractivity contribution in [3.63, 3.8) is 0 Å². The van der Waals surface area contributed by atoms with Crippen LogP contribution in [0.5, 0.6) is 0 Å². The highest BCUT2D eigenvalue weighted by atomic mass is 16.3. The second-order valence-corrected chi connectivity index (χ2v) is 6.07. The van der Waals surface area contributed by atoms with Crippen molar-refractivity contribution < 1.29 is 14.0 Å². The molecule has 3 rings (SSSR count). The van der Waals surface area contributed by atoms with E-state index in [1.807, 2.05) is 19.9 Å². The molecule has 0 aliphatic heterocycles. The molecule has 1 heterocycles. The lowest BCUT2D eigenvalue weighted by atomic mass is 10.0. The third kappa shape index (κ3) is 3.55. The quantitative estimate of drug-likeness (QED) is 0.765. The second-order valence-electron chi connectivity index (χ2n) is 6.07. The average Bonchev–Trinajstić information content (AvgIpc) is 2.97. The largest absolute Gasteiger partial charge is 0.464 e. The Morgan fingerprint density at radius 2 is 1.72 bits per heavy atom. The van der Waals surface area contributed by atoms with Crippen LogP contribution in [0.15, 0.2) is 47.1 Å². The summed E-state index contributed by atoms with van der Waals surface area (Å²) in [5.41, 5.74) is 5.18. The molecule has 128 valence electrons. The van der Waals surface area contributed by atoms with Crippen LogP contribution in [0.3, 0.4) is 0 Å². The zero-order chi connectivity index (χ0) is 18.0. The van der Waals surface area contributed by atoms with Crippen molar-refractivity contribution in [3.05, 3.63) is 64.9 Å². The SMILES string of the molecule is CNC(=O)c1ccc(NC(=O)Cc2coc3cc(C)c(C)cc23)cc1. The van der Waals surface area contributed by atoms with Crippen LogP contribution in [0.25, 0.3) is 11.0 Å².